The molecule has 3 aromatic rings. The van der Waals surface area contributed by atoms with Gasteiger partial charge in [-0.1, -0.05) is 30.3 Å². The van der Waals surface area contributed by atoms with Crippen LogP contribution in [0.15, 0.2) is 66.0 Å². The highest BCUT2D eigenvalue weighted by atomic mass is 32.1. The molecule has 0 aliphatic carbocycles. The maximum atomic E-state index is 13.5. The lowest BCUT2D eigenvalue weighted by molar-refractivity contribution is -0.121. The third-order valence-corrected chi connectivity index (χ3v) is 6.76. The van der Waals surface area contributed by atoms with Gasteiger partial charge >= 0.3 is 0 Å². The molecule has 5 rings (SSSR count). The first-order chi connectivity index (χ1) is 14.6. The SMILES string of the molecule is O=C1CCC(=O)N1c1ccc(C(=O)N2CCc3sccc3C2c2ccccc2)cc1. The third kappa shape index (κ3) is 3.13. The zero-order valence-corrected chi connectivity index (χ0v) is 17.1. The molecule has 2 aromatic carbocycles. The molecule has 0 bridgehead atoms. The molecule has 1 fully saturated rings. The Kier molecular flexibility index (Phi) is 4.71. The Morgan fingerprint density at radius 3 is 2.27 bits per heavy atom. The van der Waals surface area contributed by atoms with Gasteiger partial charge in [-0.2, -0.15) is 0 Å². The van der Waals surface area contributed by atoms with Crippen LogP contribution in [0.3, 0.4) is 0 Å². The van der Waals surface area contributed by atoms with Gasteiger partial charge in [-0.15, -0.1) is 11.3 Å². The van der Waals surface area contributed by atoms with Crippen LogP contribution in [0.1, 0.15) is 45.2 Å². The van der Waals surface area contributed by atoms with Gasteiger partial charge in [-0.05, 0) is 53.3 Å². The van der Waals surface area contributed by atoms with Crippen molar-refractivity contribution in [1.29, 1.82) is 0 Å². The van der Waals surface area contributed by atoms with Crippen molar-refractivity contribution in [2.75, 3.05) is 11.4 Å². The summed E-state index contributed by atoms with van der Waals surface area (Å²) in [6.45, 7) is 0.650. The van der Waals surface area contributed by atoms with Crippen LogP contribution in [0.2, 0.25) is 0 Å². The molecule has 0 saturated carbocycles. The summed E-state index contributed by atoms with van der Waals surface area (Å²) in [6.07, 6.45) is 1.33. The molecule has 0 N–H and O–H groups in total. The molecule has 1 saturated heterocycles. The van der Waals surface area contributed by atoms with Crippen LogP contribution >= 0.6 is 11.3 Å². The molecule has 2 aliphatic heterocycles. The van der Waals surface area contributed by atoms with Crippen molar-refractivity contribution in [2.24, 2.45) is 0 Å². The molecule has 0 spiro atoms. The molecule has 3 heterocycles. The van der Waals surface area contributed by atoms with E-state index in [4.69, 9.17) is 0 Å². The summed E-state index contributed by atoms with van der Waals surface area (Å²) in [6, 6.07) is 18.9. The molecule has 150 valence electrons. The van der Waals surface area contributed by atoms with Gasteiger partial charge in [0.2, 0.25) is 11.8 Å². The van der Waals surface area contributed by atoms with Gasteiger partial charge in [-0.3, -0.25) is 19.3 Å². The van der Waals surface area contributed by atoms with E-state index in [1.807, 2.05) is 23.1 Å². The van der Waals surface area contributed by atoms with Crippen LogP contribution in [0.4, 0.5) is 5.69 Å². The number of anilines is 1. The number of hydrogen-bond donors (Lipinski definition) is 0. The quantitative estimate of drug-likeness (QED) is 0.602. The second-order valence-electron chi connectivity index (χ2n) is 7.53. The number of nitrogens with zero attached hydrogens (tertiary/aromatic N) is 2. The number of amides is 3. The molecule has 3 amide bonds. The van der Waals surface area contributed by atoms with Crippen molar-refractivity contribution in [3.63, 3.8) is 0 Å². The predicted octanol–water partition coefficient (Wildman–Crippen LogP) is 4.19. The summed E-state index contributed by atoms with van der Waals surface area (Å²) in [5.74, 6) is -0.431. The van der Waals surface area contributed by atoms with Crippen LogP contribution in [-0.2, 0) is 16.0 Å². The first-order valence-corrected chi connectivity index (χ1v) is 10.9. The fraction of sp³-hybridized carbons (Fsp3) is 0.208. The number of thiophene rings is 1. The second-order valence-corrected chi connectivity index (χ2v) is 8.53. The fourth-order valence-electron chi connectivity index (χ4n) is 4.31. The Labute approximate surface area is 178 Å². The summed E-state index contributed by atoms with van der Waals surface area (Å²) in [4.78, 5) is 41.9. The van der Waals surface area contributed by atoms with E-state index in [0.717, 1.165) is 12.0 Å². The molecule has 1 aromatic heterocycles. The van der Waals surface area contributed by atoms with Gasteiger partial charge in [0.25, 0.3) is 5.91 Å². The summed E-state index contributed by atoms with van der Waals surface area (Å²) >= 11 is 1.74. The largest absolute Gasteiger partial charge is 0.327 e. The first-order valence-electron chi connectivity index (χ1n) is 10.0. The van der Waals surface area contributed by atoms with Crippen molar-refractivity contribution in [3.05, 3.63) is 87.6 Å². The smallest absolute Gasteiger partial charge is 0.254 e. The molecule has 0 radical (unpaired) electrons. The maximum Gasteiger partial charge on any atom is 0.254 e. The van der Waals surface area contributed by atoms with E-state index in [1.54, 1.807) is 35.6 Å². The van der Waals surface area contributed by atoms with Gasteiger partial charge in [0, 0.05) is 29.8 Å². The number of rotatable bonds is 3. The Bertz CT molecular complexity index is 1100. The summed E-state index contributed by atoms with van der Waals surface area (Å²) in [5, 5.41) is 2.09. The molecule has 5 nitrogen and oxygen atoms in total. The van der Waals surface area contributed by atoms with Crippen molar-refractivity contribution >= 4 is 34.7 Å². The maximum absolute atomic E-state index is 13.5. The Balaban J connectivity index is 1.46. The lowest BCUT2D eigenvalue weighted by atomic mass is 9.92. The summed E-state index contributed by atoms with van der Waals surface area (Å²) in [7, 11) is 0. The minimum atomic E-state index is -0.191. The molecule has 1 atom stereocenters. The molecule has 6 heteroatoms. The lowest BCUT2D eigenvalue weighted by Gasteiger charge is -2.36. The Morgan fingerprint density at radius 2 is 1.57 bits per heavy atom. The monoisotopic (exact) mass is 416 g/mol. The molecule has 1 unspecified atom stereocenters. The Morgan fingerprint density at radius 1 is 0.867 bits per heavy atom. The van der Waals surface area contributed by atoms with Crippen molar-refractivity contribution < 1.29 is 14.4 Å². The summed E-state index contributed by atoms with van der Waals surface area (Å²) < 4.78 is 0. The minimum Gasteiger partial charge on any atom is -0.327 e. The summed E-state index contributed by atoms with van der Waals surface area (Å²) in [5.41, 5.74) is 3.36. The highest BCUT2D eigenvalue weighted by Crippen LogP contribution is 2.38. The normalized spacial score (nSPS) is 18.6. The average Bonchev–Trinajstić information content (AvgIpc) is 3.39. The number of carbonyl (C=O) groups excluding carboxylic acids is 3. The third-order valence-electron chi connectivity index (χ3n) is 5.77. The van der Waals surface area contributed by atoms with Crippen LogP contribution in [-0.4, -0.2) is 29.2 Å². The number of fused-ring (bicyclic) bond motifs is 1. The topological polar surface area (TPSA) is 57.7 Å². The number of carbonyl (C=O) groups is 3. The van der Waals surface area contributed by atoms with E-state index in [0.29, 0.717) is 17.8 Å². The van der Waals surface area contributed by atoms with E-state index in [2.05, 4.69) is 23.6 Å². The van der Waals surface area contributed by atoms with E-state index in [9.17, 15) is 14.4 Å². The van der Waals surface area contributed by atoms with Crippen molar-refractivity contribution in [2.45, 2.75) is 25.3 Å². The zero-order valence-electron chi connectivity index (χ0n) is 16.3. The van der Waals surface area contributed by atoms with E-state index < -0.39 is 0 Å². The Hall–Kier alpha value is -3.25. The zero-order chi connectivity index (χ0) is 20.7. The van der Waals surface area contributed by atoms with Crippen LogP contribution in [0.5, 0.6) is 0 Å². The number of hydrogen-bond acceptors (Lipinski definition) is 4. The lowest BCUT2D eigenvalue weighted by Crippen LogP contribution is -2.40. The van der Waals surface area contributed by atoms with Crippen molar-refractivity contribution in [3.8, 4) is 0 Å². The first kappa shape index (κ1) is 18.8. The van der Waals surface area contributed by atoms with Gasteiger partial charge < -0.3 is 4.90 Å². The van der Waals surface area contributed by atoms with Crippen LogP contribution < -0.4 is 4.90 Å². The van der Waals surface area contributed by atoms with E-state index in [-0.39, 0.29) is 36.6 Å². The van der Waals surface area contributed by atoms with Gasteiger partial charge in [0.15, 0.2) is 0 Å². The standard InChI is InChI=1S/C24H20N2O3S/c27-21-10-11-22(28)26(21)18-8-6-17(7-9-18)24(29)25-14-12-20-19(13-15-30-20)23(25)16-4-2-1-3-5-16/h1-9,13,15,23H,10-12,14H2. The van der Waals surface area contributed by atoms with Crippen LogP contribution in [0, 0.1) is 0 Å². The van der Waals surface area contributed by atoms with E-state index in [1.165, 1.54) is 15.3 Å². The van der Waals surface area contributed by atoms with Crippen molar-refractivity contribution in [1.82, 2.24) is 4.90 Å². The minimum absolute atomic E-state index is 0.0497. The van der Waals surface area contributed by atoms with Gasteiger partial charge in [-0.25, -0.2) is 0 Å². The molecular weight excluding hydrogens is 396 g/mol. The van der Waals surface area contributed by atoms with E-state index >= 15 is 0 Å². The second kappa shape index (κ2) is 7.54. The number of imide groups is 1. The predicted molar refractivity (Wildman–Crippen MR) is 116 cm³/mol. The highest BCUT2D eigenvalue weighted by molar-refractivity contribution is 7.10. The molecular formula is C24H20N2O3S. The van der Waals surface area contributed by atoms with Crippen LogP contribution in [0.25, 0.3) is 0 Å². The highest BCUT2D eigenvalue weighted by Gasteiger charge is 2.34. The number of benzene rings is 2. The average molecular weight is 417 g/mol. The van der Waals surface area contributed by atoms with Gasteiger partial charge in [0.05, 0.1) is 11.7 Å². The van der Waals surface area contributed by atoms with Gasteiger partial charge in [0.1, 0.15) is 0 Å². The molecule has 30 heavy (non-hydrogen) atoms. The fourth-order valence-corrected chi connectivity index (χ4v) is 5.22. The molecule has 2 aliphatic rings.